The highest BCUT2D eigenvalue weighted by molar-refractivity contribution is 7.10. The van der Waals surface area contributed by atoms with Crippen LogP contribution >= 0.6 is 11.3 Å². The molecule has 122 valence electrons. The molecular formula is C16H19N3O3S. The lowest BCUT2D eigenvalue weighted by molar-refractivity contribution is -0.0116. The van der Waals surface area contributed by atoms with E-state index in [0.717, 1.165) is 34.9 Å². The normalized spacial score (nSPS) is 21.4. The lowest BCUT2D eigenvalue weighted by Crippen LogP contribution is -2.44. The van der Waals surface area contributed by atoms with Crippen molar-refractivity contribution in [3.63, 3.8) is 0 Å². The standard InChI is InChI=1S/C16H19N3O3S/c1-10-14(15(22-18-10)11-4-5-11)17-16(20)19-6-7-21-12(9-19)13-3-2-8-23-13/h2-3,8,11-12H,4-7,9H2,1H3,(H,17,20)/t12-/m1/s1. The number of amides is 2. The summed E-state index contributed by atoms with van der Waals surface area (Å²) in [5, 5.41) is 9.02. The van der Waals surface area contributed by atoms with E-state index in [1.807, 2.05) is 24.4 Å². The van der Waals surface area contributed by atoms with E-state index in [1.165, 1.54) is 0 Å². The number of nitrogens with zero attached hydrogens (tertiary/aromatic N) is 2. The number of aryl methyl sites for hydroxylation is 1. The van der Waals surface area contributed by atoms with Crippen LogP contribution in [-0.4, -0.2) is 35.8 Å². The Labute approximate surface area is 138 Å². The number of aromatic nitrogens is 1. The van der Waals surface area contributed by atoms with E-state index in [1.54, 1.807) is 16.2 Å². The molecule has 2 aromatic heterocycles. The minimum Gasteiger partial charge on any atom is -0.369 e. The number of hydrogen-bond donors (Lipinski definition) is 1. The summed E-state index contributed by atoms with van der Waals surface area (Å²) in [6, 6.07) is 3.94. The first-order valence-electron chi connectivity index (χ1n) is 7.89. The summed E-state index contributed by atoms with van der Waals surface area (Å²) in [5.41, 5.74) is 1.49. The van der Waals surface area contributed by atoms with Crippen LogP contribution in [0.1, 0.15) is 41.2 Å². The summed E-state index contributed by atoms with van der Waals surface area (Å²) in [6.07, 6.45) is 2.17. The summed E-state index contributed by atoms with van der Waals surface area (Å²) in [7, 11) is 0. The van der Waals surface area contributed by atoms with Crippen molar-refractivity contribution >= 4 is 23.1 Å². The molecule has 0 aromatic carbocycles. The van der Waals surface area contributed by atoms with Crippen LogP contribution < -0.4 is 5.32 Å². The van der Waals surface area contributed by atoms with Gasteiger partial charge in [-0.1, -0.05) is 11.2 Å². The molecule has 1 N–H and O–H groups in total. The molecular weight excluding hydrogens is 314 g/mol. The Morgan fingerprint density at radius 1 is 1.48 bits per heavy atom. The van der Waals surface area contributed by atoms with Gasteiger partial charge in [-0.05, 0) is 31.2 Å². The topological polar surface area (TPSA) is 67.6 Å². The molecule has 2 aliphatic rings. The molecule has 3 heterocycles. The Balaban J connectivity index is 1.45. The number of morpholine rings is 1. The number of ether oxygens (including phenoxy) is 1. The van der Waals surface area contributed by atoms with Gasteiger partial charge in [-0.3, -0.25) is 0 Å². The first-order valence-corrected chi connectivity index (χ1v) is 8.77. The van der Waals surface area contributed by atoms with Gasteiger partial charge in [-0.2, -0.15) is 0 Å². The number of urea groups is 1. The lowest BCUT2D eigenvalue weighted by Gasteiger charge is -2.32. The molecule has 1 saturated heterocycles. The zero-order chi connectivity index (χ0) is 15.8. The average Bonchev–Trinajstić information content (AvgIpc) is 3.13. The second-order valence-electron chi connectivity index (χ2n) is 6.03. The molecule has 0 spiro atoms. The smallest absolute Gasteiger partial charge is 0.322 e. The number of nitrogens with one attached hydrogen (secondary N) is 1. The quantitative estimate of drug-likeness (QED) is 0.933. The molecule has 2 aromatic rings. The highest BCUT2D eigenvalue weighted by Gasteiger charge is 2.33. The second-order valence-corrected chi connectivity index (χ2v) is 7.01. The third-order valence-corrected chi connectivity index (χ3v) is 5.25. The van der Waals surface area contributed by atoms with Gasteiger partial charge >= 0.3 is 6.03 Å². The van der Waals surface area contributed by atoms with Crippen molar-refractivity contribution in [2.24, 2.45) is 0 Å². The molecule has 23 heavy (non-hydrogen) atoms. The molecule has 1 aliphatic carbocycles. The minimum absolute atomic E-state index is 0.0408. The summed E-state index contributed by atoms with van der Waals surface area (Å²) in [4.78, 5) is 15.6. The van der Waals surface area contributed by atoms with E-state index in [4.69, 9.17) is 9.26 Å². The van der Waals surface area contributed by atoms with Crippen LogP contribution in [0.4, 0.5) is 10.5 Å². The van der Waals surface area contributed by atoms with E-state index in [9.17, 15) is 4.79 Å². The van der Waals surface area contributed by atoms with E-state index < -0.39 is 0 Å². The number of rotatable bonds is 3. The van der Waals surface area contributed by atoms with Crippen LogP contribution in [0, 0.1) is 6.92 Å². The third kappa shape index (κ3) is 2.98. The zero-order valence-electron chi connectivity index (χ0n) is 12.9. The van der Waals surface area contributed by atoms with Gasteiger partial charge in [0.25, 0.3) is 0 Å². The highest BCUT2D eigenvalue weighted by Crippen LogP contribution is 2.44. The number of anilines is 1. The summed E-state index contributed by atoms with van der Waals surface area (Å²) < 4.78 is 11.2. The van der Waals surface area contributed by atoms with Crippen molar-refractivity contribution in [1.29, 1.82) is 0 Å². The molecule has 4 rings (SSSR count). The second kappa shape index (κ2) is 5.98. The molecule has 6 nitrogen and oxygen atoms in total. The number of carbonyl (C=O) groups is 1. The van der Waals surface area contributed by atoms with Crippen molar-refractivity contribution in [2.45, 2.75) is 31.8 Å². The fourth-order valence-corrected chi connectivity index (χ4v) is 3.60. The Hall–Kier alpha value is -1.86. The molecule has 2 fully saturated rings. The van der Waals surface area contributed by atoms with Crippen LogP contribution in [-0.2, 0) is 4.74 Å². The van der Waals surface area contributed by atoms with Crippen molar-refractivity contribution in [3.8, 4) is 0 Å². The van der Waals surface area contributed by atoms with E-state index in [2.05, 4.69) is 10.5 Å². The van der Waals surface area contributed by atoms with E-state index in [-0.39, 0.29) is 12.1 Å². The van der Waals surface area contributed by atoms with Gasteiger partial charge in [0, 0.05) is 17.3 Å². The van der Waals surface area contributed by atoms with E-state index in [0.29, 0.717) is 25.6 Å². The van der Waals surface area contributed by atoms with Gasteiger partial charge in [0.2, 0.25) is 0 Å². The predicted molar refractivity (Wildman–Crippen MR) is 86.8 cm³/mol. The Kier molecular flexibility index (Phi) is 3.82. The predicted octanol–water partition coefficient (Wildman–Crippen LogP) is 3.53. The minimum atomic E-state index is -0.108. The Morgan fingerprint density at radius 2 is 2.35 bits per heavy atom. The van der Waals surface area contributed by atoms with Gasteiger partial charge in [-0.25, -0.2) is 4.79 Å². The van der Waals surface area contributed by atoms with Gasteiger partial charge in [0.15, 0.2) is 5.76 Å². The zero-order valence-corrected chi connectivity index (χ0v) is 13.8. The van der Waals surface area contributed by atoms with Crippen molar-refractivity contribution in [3.05, 3.63) is 33.8 Å². The summed E-state index contributed by atoms with van der Waals surface area (Å²) in [6.45, 7) is 3.57. The molecule has 0 unspecified atom stereocenters. The van der Waals surface area contributed by atoms with Crippen LogP contribution in [0.5, 0.6) is 0 Å². The maximum absolute atomic E-state index is 12.6. The molecule has 0 radical (unpaired) electrons. The van der Waals surface area contributed by atoms with Gasteiger partial charge in [-0.15, -0.1) is 11.3 Å². The van der Waals surface area contributed by atoms with Crippen LogP contribution in [0.3, 0.4) is 0 Å². The van der Waals surface area contributed by atoms with Crippen LogP contribution in [0.15, 0.2) is 22.0 Å². The maximum atomic E-state index is 12.6. The van der Waals surface area contributed by atoms with Crippen LogP contribution in [0.25, 0.3) is 0 Å². The molecule has 1 atom stereocenters. The van der Waals surface area contributed by atoms with E-state index >= 15 is 0 Å². The van der Waals surface area contributed by atoms with Gasteiger partial charge < -0.3 is 19.5 Å². The first kappa shape index (κ1) is 14.7. The monoisotopic (exact) mass is 333 g/mol. The van der Waals surface area contributed by atoms with Crippen LogP contribution in [0.2, 0.25) is 0 Å². The highest BCUT2D eigenvalue weighted by atomic mass is 32.1. The first-order chi connectivity index (χ1) is 11.2. The van der Waals surface area contributed by atoms with Crippen molar-refractivity contribution < 1.29 is 14.1 Å². The largest absolute Gasteiger partial charge is 0.369 e. The molecule has 7 heteroatoms. The van der Waals surface area contributed by atoms with Gasteiger partial charge in [0.1, 0.15) is 17.5 Å². The van der Waals surface area contributed by atoms with Gasteiger partial charge in [0.05, 0.1) is 13.2 Å². The molecule has 2 amide bonds. The number of thiophene rings is 1. The maximum Gasteiger partial charge on any atom is 0.322 e. The SMILES string of the molecule is Cc1noc(C2CC2)c1NC(=O)N1CCO[C@@H](c2cccs2)C1. The molecule has 1 saturated carbocycles. The van der Waals surface area contributed by atoms with Crippen molar-refractivity contribution in [1.82, 2.24) is 10.1 Å². The van der Waals surface area contributed by atoms with Crippen molar-refractivity contribution in [2.75, 3.05) is 25.0 Å². The number of hydrogen-bond acceptors (Lipinski definition) is 5. The average molecular weight is 333 g/mol. The fraction of sp³-hybridized carbons (Fsp3) is 0.500. The third-order valence-electron chi connectivity index (χ3n) is 4.28. The molecule has 1 aliphatic heterocycles. The lowest BCUT2D eigenvalue weighted by atomic mass is 10.2. The summed E-state index contributed by atoms with van der Waals surface area (Å²) in [5.74, 6) is 1.23. The molecule has 0 bridgehead atoms. The number of carbonyl (C=O) groups excluding carboxylic acids is 1. The summed E-state index contributed by atoms with van der Waals surface area (Å²) >= 11 is 1.66. The Morgan fingerprint density at radius 3 is 3.09 bits per heavy atom. The fourth-order valence-electron chi connectivity index (χ4n) is 2.83. The Bertz CT molecular complexity index is 693.